The van der Waals surface area contributed by atoms with E-state index in [9.17, 15) is 4.79 Å². The van der Waals surface area contributed by atoms with E-state index in [0.29, 0.717) is 23.9 Å². The van der Waals surface area contributed by atoms with Crippen LogP contribution in [-0.2, 0) is 9.53 Å². The van der Waals surface area contributed by atoms with E-state index in [2.05, 4.69) is 4.98 Å². The summed E-state index contributed by atoms with van der Waals surface area (Å²) >= 11 is 5.98. The van der Waals surface area contributed by atoms with Crippen molar-refractivity contribution in [3.8, 4) is 0 Å². The number of nitrogens with zero attached hydrogens (tertiary/aromatic N) is 1. The first-order valence-corrected chi connectivity index (χ1v) is 7.96. The number of carbonyl (C=O) groups is 1. The highest BCUT2D eigenvalue weighted by molar-refractivity contribution is 6.31. The van der Waals surface area contributed by atoms with Gasteiger partial charge in [-0.15, -0.1) is 0 Å². The van der Waals surface area contributed by atoms with Crippen LogP contribution in [-0.4, -0.2) is 36.0 Å². The smallest absolute Gasteiger partial charge is 0.288 e. The predicted molar refractivity (Wildman–Crippen MR) is 95.4 cm³/mol. The van der Waals surface area contributed by atoms with Gasteiger partial charge in [-0.2, -0.15) is 0 Å². The Hall–Kier alpha value is -2.20. The lowest BCUT2D eigenvalue weighted by molar-refractivity contribution is -0.129. The van der Waals surface area contributed by atoms with Gasteiger partial charge in [0, 0.05) is 34.7 Å². The van der Waals surface area contributed by atoms with E-state index in [1.54, 1.807) is 17.1 Å². The number of aromatic nitrogens is 1. The molecule has 1 aromatic carbocycles. The highest BCUT2D eigenvalue weighted by atomic mass is 35.5. The fraction of sp³-hybridized carbons (Fsp3) is 0.278. The third-order valence-electron chi connectivity index (χ3n) is 3.61. The summed E-state index contributed by atoms with van der Waals surface area (Å²) in [5.41, 5.74) is 1.95. The van der Waals surface area contributed by atoms with E-state index in [1.807, 2.05) is 44.2 Å². The zero-order valence-electron chi connectivity index (χ0n) is 13.6. The molecule has 0 saturated heterocycles. The topological polar surface area (TPSA) is 45.3 Å². The van der Waals surface area contributed by atoms with Crippen LogP contribution in [0.2, 0.25) is 5.02 Å². The Labute approximate surface area is 141 Å². The van der Waals surface area contributed by atoms with Gasteiger partial charge in [0.15, 0.2) is 5.76 Å². The second-order valence-corrected chi connectivity index (χ2v) is 5.46. The van der Waals surface area contributed by atoms with Crippen molar-refractivity contribution in [2.45, 2.75) is 13.8 Å². The average molecular weight is 333 g/mol. The molecule has 4 nitrogen and oxygen atoms in total. The maximum Gasteiger partial charge on any atom is 0.288 e. The number of hydrogen-bond donors (Lipinski definition) is 1. The molecule has 23 heavy (non-hydrogen) atoms. The van der Waals surface area contributed by atoms with Crippen LogP contribution >= 0.6 is 11.6 Å². The number of amides is 1. The number of methoxy groups -OCH3 is 1. The summed E-state index contributed by atoms with van der Waals surface area (Å²) in [6.07, 6.45) is 5.37. The molecule has 1 aromatic heterocycles. The largest absolute Gasteiger partial charge is 0.491 e. The molecule has 1 N–H and O–H groups in total. The molecule has 1 amide bonds. The number of carbonyl (C=O) groups excluding carboxylic acids is 1. The molecule has 0 unspecified atom stereocenters. The molecular formula is C18H21ClN2O2. The van der Waals surface area contributed by atoms with Gasteiger partial charge in [0.1, 0.15) is 0 Å². The lowest BCUT2D eigenvalue weighted by atomic mass is 10.2. The van der Waals surface area contributed by atoms with Crippen LogP contribution in [0.4, 0.5) is 0 Å². The van der Waals surface area contributed by atoms with Gasteiger partial charge >= 0.3 is 0 Å². The summed E-state index contributed by atoms with van der Waals surface area (Å²) in [5, 5.41) is 1.76. The van der Waals surface area contributed by atoms with Gasteiger partial charge in [0.05, 0.1) is 7.11 Å². The zero-order chi connectivity index (χ0) is 16.8. The lowest BCUT2D eigenvalue weighted by Gasteiger charge is -2.19. The van der Waals surface area contributed by atoms with E-state index < -0.39 is 0 Å². The quantitative estimate of drug-likeness (QED) is 0.488. The predicted octanol–water partition coefficient (Wildman–Crippen LogP) is 4.23. The number of rotatable bonds is 6. The first-order chi connectivity index (χ1) is 11.1. The van der Waals surface area contributed by atoms with E-state index in [-0.39, 0.29) is 5.91 Å². The highest BCUT2D eigenvalue weighted by Gasteiger charge is 2.14. The molecular weight excluding hydrogens is 312 g/mol. The third kappa shape index (κ3) is 4.17. The molecule has 2 aromatic rings. The number of allylic oxidation sites excluding steroid dienone is 2. The van der Waals surface area contributed by atoms with E-state index in [4.69, 9.17) is 16.3 Å². The van der Waals surface area contributed by atoms with Crippen LogP contribution in [0, 0.1) is 0 Å². The van der Waals surface area contributed by atoms with Crippen molar-refractivity contribution in [3.05, 3.63) is 52.9 Å². The Morgan fingerprint density at radius 3 is 2.70 bits per heavy atom. The summed E-state index contributed by atoms with van der Waals surface area (Å²) < 4.78 is 5.20. The molecule has 0 aliphatic carbocycles. The number of H-pyrrole nitrogens is 1. The van der Waals surface area contributed by atoms with Crippen molar-refractivity contribution in [3.63, 3.8) is 0 Å². The minimum Gasteiger partial charge on any atom is -0.491 e. The Kier molecular flexibility index (Phi) is 5.88. The van der Waals surface area contributed by atoms with Crippen LogP contribution in [0.5, 0.6) is 0 Å². The van der Waals surface area contributed by atoms with Gasteiger partial charge in [-0.1, -0.05) is 17.7 Å². The molecule has 0 bridgehead atoms. The van der Waals surface area contributed by atoms with Crippen molar-refractivity contribution in [2.75, 3.05) is 20.2 Å². The molecule has 0 radical (unpaired) electrons. The monoisotopic (exact) mass is 332 g/mol. The Bertz CT molecular complexity index is 743. The highest BCUT2D eigenvalue weighted by Crippen LogP contribution is 2.20. The molecule has 0 fully saturated rings. The maximum absolute atomic E-state index is 12.2. The van der Waals surface area contributed by atoms with Gasteiger partial charge in [-0.05, 0) is 50.3 Å². The van der Waals surface area contributed by atoms with Gasteiger partial charge in [0.25, 0.3) is 5.91 Å². The number of halogens is 1. The summed E-state index contributed by atoms with van der Waals surface area (Å²) in [5.74, 6) is 0.217. The molecule has 2 rings (SSSR count). The Morgan fingerprint density at radius 1 is 1.30 bits per heavy atom. The molecule has 5 heteroatoms. The van der Waals surface area contributed by atoms with E-state index in [0.717, 1.165) is 16.6 Å². The molecule has 0 aliphatic rings. The number of hydrogen-bond acceptors (Lipinski definition) is 2. The molecule has 0 spiro atoms. The number of nitrogens with one attached hydrogen (secondary N) is 1. The molecule has 1 heterocycles. The number of likely N-dealkylation sites (N-methyl/N-ethyl adjacent to an activating group) is 1. The Balaban J connectivity index is 2.17. The standard InChI is InChI=1S/C18H21ClN2O2/c1-4-21(5-2)18(22)17(23-3)8-6-7-15-12-13-11-14(19)9-10-16(13)20-15/h6-12,20H,4-5H2,1-3H3/b7-6+,17-8-. The van der Waals surface area contributed by atoms with Gasteiger partial charge in [-0.25, -0.2) is 0 Å². The van der Waals surface area contributed by atoms with Crippen molar-refractivity contribution in [1.82, 2.24) is 9.88 Å². The van der Waals surface area contributed by atoms with Crippen molar-refractivity contribution in [2.24, 2.45) is 0 Å². The normalized spacial score (nSPS) is 12.1. The fourth-order valence-corrected chi connectivity index (χ4v) is 2.53. The second kappa shape index (κ2) is 7.88. The van der Waals surface area contributed by atoms with Crippen LogP contribution in [0.25, 0.3) is 17.0 Å². The number of benzene rings is 1. The molecule has 0 atom stereocenters. The first-order valence-electron chi connectivity index (χ1n) is 7.59. The molecule has 122 valence electrons. The van der Waals surface area contributed by atoms with Crippen LogP contribution in [0.3, 0.4) is 0 Å². The van der Waals surface area contributed by atoms with Crippen molar-refractivity contribution >= 4 is 34.5 Å². The van der Waals surface area contributed by atoms with Crippen molar-refractivity contribution in [1.29, 1.82) is 0 Å². The SMILES string of the molecule is CCN(CC)C(=O)/C(=C/C=C/c1cc2cc(Cl)ccc2[nH]1)OC. The van der Waals surface area contributed by atoms with E-state index in [1.165, 1.54) is 7.11 Å². The number of aromatic amines is 1. The number of fused-ring (bicyclic) bond motifs is 1. The summed E-state index contributed by atoms with van der Waals surface area (Å²) in [6.45, 7) is 5.20. The summed E-state index contributed by atoms with van der Waals surface area (Å²) in [6, 6.07) is 7.70. The van der Waals surface area contributed by atoms with Gasteiger partial charge in [-0.3, -0.25) is 4.79 Å². The zero-order valence-corrected chi connectivity index (χ0v) is 14.4. The van der Waals surface area contributed by atoms with E-state index >= 15 is 0 Å². The number of ether oxygens (including phenoxy) is 1. The van der Waals surface area contributed by atoms with Crippen molar-refractivity contribution < 1.29 is 9.53 Å². The van der Waals surface area contributed by atoms with Crippen LogP contribution < -0.4 is 0 Å². The Morgan fingerprint density at radius 2 is 2.04 bits per heavy atom. The lowest BCUT2D eigenvalue weighted by Crippen LogP contribution is -2.32. The van der Waals surface area contributed by atoms with Crippen LogP contribution in [0.1, 0.15) is 19.5 Å². The fourth-order valence-electron chi connectivity index (χ4n) is 2.35. The minimum atomic E-state index is -0.106. The van der Waals surface area contributed by atoms with Gasteiger partial charge in [0.2, 0.25) is 0 Å². The minimum absolute atomic E-state index is 0.106. The summed E-state index contributed by atoms with van der Waals surface area (Å²) in [4.78, 5) is 17.2. The molecule has 0 saturated carbocycles. The summed E-state index contributed by atoms with van der Waals surface area (Å²) in [7, 11) is 1.51. The third-order valence-corrected chi connectivity index (χ3v) is 3.84. The second-order valence-electron chi connectivity index (χ2n) is 5.03. The average Bonchev–Trinajstić information content (AvgIpc) is 2.94. The van der Waals surface area contributed by atoms with Gasteiger partial charge < -0.3 is 14.6 Å². The molecule has 0 aliphatic heterocycles. The first kappa shape index (κ1) is 17.2. The maximum atomic E-state index is 12.2. The van der Waals surface area contributed by atoms with Crippen LogP contribution in [0.15, 0.2) is 42.2 Å².